The molecule has 0 atom stereocenters. The van der Waals surface area contributed by atoms with Crippen LogP contribution in [-0.4, -0.2) is 27.0 Å². The highest BCUT2D eigenvalue weighted by Gasteiger charge is 2.28. The first-order valence-electron chi connectivity index (χ1n) is 10.3. The molecule has 1 aliphatic rings. The predicted octanol–water partition coefficient (Wildman–Crippen LogP) is 4.62. The van der Waals surface area contributed by atoms with E-state index in [1.807, 2.05) is 20.8 Å². The summed E-state index contributed by atoms with van der Waals surface area (Å²) in [5.41, 5.74) is 3.95. The third-order valence-electron chi connectivity index (χ3n) is 4.84. The molecule has 0 spiro atoms. The van der Waals surface area contributed by atoms with Gasteiger partial charge in [0, 0.05) is 11.3 Å². The molecule has 33 heavy (non-hydrogen) atoms. The largest absolute Gasteiger partial charge is 0.481 e. The van der Waals surface area contributed by atoms with Crippen molar-refractivity contribution in [3.05, 3.63) is 69.4 Å². The molecule has 4 rings (SSSR count). The second-order valence-electron chi connectivity index (χ2n) is 7.05. The highest BCUT2D eigenvalue weighted by Crippen LogP contribution is 2.34. The number of hydrogen-bond donors (Lipinski definition) is 3. The number of carboxylic acid groups (broad SMARTS) is 1. The molecular weight excluding hydrogens is 442 g/mol. The van der Waals surface area contributed by atoms with E-state index in [9.17, 15) is 9.59 Å². The Balaban J connectivity index is 0.00000149. The van der Waals surface area contributed by atoms with Crippen molar-refractivity contribution < 1.29 is 14.7 Å². The van der Waals surface area contributed by atoms with E-state index in [0.717, 1.165) is 5.56 Å². The number of amides is 1. The summed E-state index contributed by atoms with van der Waals surface area (Å²) < 4.78 is 0. The molecule has 1 aliphatic heterocycles. The molecule has 0 radical (unpaired) electrons. The first kappa shape index (κ1) is 23.7. The van der Waals surface area contributed by atoms with E-state index >= 15 is 0 Å². The molecule has 3 aromatic rings. The number of carboxylic acids is 1. The summed E-state index contributed by atoms with van der Waals surface area (Å²) in [6.45, 7) is 6.08. The maximum Gasteiger partial charge on any atom is 0.307 e. The number of nitrogens with one attached hydrogen (secondary N) is 2. The highest BCUT2D eigenvalue weighted by molar-refractivity contribution is 6.33. The minimum Gasteiger partial charge on any atom is -0.481 e. The third kappa shape index (κ3) is 5.10. The SMILES string of the molecule is CC.Cc1cc(C#N)cc(Cl)c1-c1nc2c(c(Nc3ccc(CC(=O)O)cc3)n1)C(=O)NC2. The summed E-state index contributed by atoms with van der Waals surface area (Å²) in [7, 11) is 0. The Hall–Kier alpha value is -3.96. The highest BCUT2D eigenvalue weighted by atomic mass is 35.5. The predicted molar refractivity (Wildman–Crippen MR) is 126 cm³/mol. The fourth-order valence-corrected chi connectivity index (χ4v) is 3.79. The summed E-state index contributed by atoms with van der Waals surface area (Å²) in [5, 5.41) is 24.3. The van der Waals surface area contributed by atoms with Crippen LogP contribution in [0.25, 0.3) is 11.4 Å². The van der Waals surface area contributed by atoms with Gasteiger partial charge in [-0.05, 0) is 42.3 Å². The lowest BCUT2D eigenvalue weighted by Crippen LogP contribution is -2.14. The Morgan fingerprint density at radius 2 is 1.91 bits per heavy atom. The molecule has 0 saturated heterocycles. The van der Waals surface area contributed by atoms with Crippen LogP contribution in [-0.2, 0) is 17.8 Å². The van der Waals surface area contributed by atoms with E-state index in [2.05, 4.69) is 26.7 Å². The molecule has 8 nitrogen and oxygen atoms in total. The van der Waals surface area contributed by atoms with Crippen molar-refractivity contribution in [1.82, 2.24) is 15.3 Å². The van der Waals surface area contributed by atoms with Gasteiger partial charge in [-0.25, -0.2) is 9.97 Å². The fourth-order valence-electron chi connectivity index (χ4n) is 3.44. The van der Waals surface area contributed by atoms with E-state index < -0.39 is 5.97 Å². The molecule has 3 N–H and O–H groups in total. The maximum absolute atomic E-state index is 12.4. The van der Waals surface area contributed by atoms with Gasteiger partial charge in [0.1, 0.15) is 11.4 Å². The van der Waals surface area contributed by atoms with Gasteiger partial charge in [-0.3, -0.25) is 9.59 Å². The summed E-state index contributed by atoms with van der Waals surface area (Å²) in [4.78, 5) is 32.3. The van der Waals surface area contributed by atoms with E-state index in [4.69, 9.17) is 22.0 Å². The number of carbonyl (C=O) groups excluding carboxylic acids is 1. The molecule has 0 bridgehead atoms. The average molecular weight is 464 g/mol. The van der Waals surface area contributed by atoms with E-state index in [-0.39, 0.29) is 18.9 Å². The number of aliphatic carboxylic acids is 1. The van der Waals surface area contributed by atoms with E-state index in [1.54, 1.807) is 36.4 Å². The van der Waals surface area contributed by atoms with Crippen molar-refractivity contribution >= 4 is 35.0 Å². The molecule has 168 valence electrons. The van der Waals surface area contributed by atoms with Gasteiger partial charge < -0.3 is 15.7 Å². The van der Waals surface area contributed by atoms with Crippen LogP contribution >= 0.6 is 11.6 Å². The molecule has 1 aromatic heterocycles. The van der Waals surface area contributed by atoms with Crippen LogP contribution in [0.2, 0.25) is 5.02 Å². The lowest BCUT2D eigenvalue weighted by molar-refractivity contribution is -0.136. The quantitative estimate of drug-likeness (QED) is 0.503. The van der Waals surface area contributed by atoms with Crippen molar-refractivity contribution in [2.75, 3.05) is 5.32 Å². The van der Waals surface area contributed by atoms with E-state index in [1.165, 1.54) is 0 Å². The zero-order valence-electron chi connectivity index (χ0n) is 18.4. The number of aryl methyl sites for hydroxylation is 1. The van der Waals surface area contributed by atoms with Crippen molar-refractivity contribution in [2.45, 2.75) is 33.7 Å². The summed E-state index contributed by atoms with van der Waals surface area (Å²) in [5.74, 6) is -0.535. The number of nitrogens with zero attached hydrogens (tertiary/aromatic N) is 3. The van der Waals surface area contributed by atoms with Gasteiger partial charge in [0.25, 0.3) is 5.91 Å². The van der Waals surface area contributed by atoms with Crippen LogP contribution in [0, 0.1) is 18.3 Å². The first-order valence-corrected chi connectivity index (χ1v) is 10.7. The number of anilines is 2. The minimum atomic E-state index is -0.912. The topological polar surface area (TPSA) is 128 Å². The maximum atomic E-state index is 12.4. The van der Waals surface area contributed by atoms with Crippen LogP contribution in [0.15, 0.2) is 36.4 Å². The van der Waals surface area contributed by atoms with Crippen molar-refractivity contribution in [3.8, 4) is 17.5 Å². The van der Waals surface area contributed by atoms with Crippen LogP contribution in [0.4, 0.5) is 11.5 Å². The Kier molecular flexibility index (Phi) is 7.26. The minimum absolute atomic E-state index is 0.0772. The number of aromatic nitrogens is 2. The molecule has 1 amide bonds. The summed E-state index contributed by atoms with van der Waals surface area (Å²) in [6, 6.07) is 12.2. The normalized spacial score (nSPS) is 11.5. The summed E-state index contributed by atoms with van der Waals surface area (Å²) in [6.07, 6.45) is -0.0772. The number of halogens is 1. The molecule has 0 saturated carbocycles. The van der Waals surface area contributed by atoms with Crippen molar-refractivity contribution in [2.24, 2.45) is 0 Å². The molecule has 0 aliphatic carbocycles. The number of nitriles is 1. The monoisotopic (exact) mass is 463 g/mol. The zero-order valence-corrected chi connectivity index (χ0v) is 19.1. The molecular formula is C24H22ClN5O3. The Bertz CT molecular complexity index is 1240. The first-order chi connectivity index (χ1) is 15.9. The summed E-state index contributed by atoms with van der Waals surface area (Å²) >= 11 is 6.42. The standard InChI is InChI=1S/C22H16ClN5O3.C2H6/c1-11-6-13(9-24)7-15(23)18(11)20-27-16-10-25-22(31)19(16)21(28-20)26-14-4-2-12(3-5-14)8-17(29)30;1-2/h2-7H,8,10H2,1H3,(H,25,31)(H,29,30)(H,26,27,28);1-2H3. The molecule has 2 aromatic carbocycles. The molecule has 9 heteroatoms. The third-order valence-corrected chi connectivity index (χ3v) is 5.14. The lowest BCUT2D eigenvalue weighted by atomic mass is 10.0. The molecule has 0 fully saturated rings. The second-order valence-corrected chi connectivity index (χ2v) is 7.46. The van der Waals surface area contributed by atoms with Gasteiger partial charge in [-0.1, -0.05) is 37.6 Å². The van der Waals surface area contributed by atoms with Crippen molar-refractivity contribution in [3.63, 3.8) is 0 Å². The Labute approximate surface area is 196 Å². The van der Waals surface area contributed by atoms with Gasteiger partial charge in [0.15, 0.2) is 5.82 Å². The number of rotatable bonds is 5. The van der Waals surface area contributed by atoms with Gasteiger partial charge >= 0.3 is 5.97 Å². The zero-order chi connectivity index (χ0) is 24.1. The van der Waals surface area contributed by atoms with Crippen LogP contribution in [0.3, 0.4) is 0 Å². The fraction of sp³-hybridized carbons (Fsp3) is 0.208. The second kappa shape index (κ2) is 10.1. The molecule has 2 heterocycles. The number of benzene rings is 2. The van der Waals surface area contributed by atoms with Crippen LogP contribution in [0.1, 0.15) is 46.6 Å². The Morgan fingerprint density at radius 1 is 1.21 bits per heavy atom. The Morgan fingerprint density at radius 3 is 2.52 bits per heavy atom. The van der Waals surface area contributed by atoms with Crippen molar-refractivity contribution in [1.29, 1.82) is 5.26 Å². The molecule has 0 unspecified atom stereocenters. The van der Waals surface area contributed by atoms with Gasteiger partial charge in [0.2, 0.25) is 0 Å². The van der Waals surface area contributed by atoms with Crippen LogP contribution in [0.5, 0.6) is 0 Å². The van der Waals surface area contributed by atoms with Gasteiger partial charge in [-0.2, -0.15) is 5.26 Å². The number of hydrogen-bond acceptors (Lipinski definition) is 6. The smallest absolute Gasteiger partial charge is 0.307 e. The van der Waals surface area contributed by atoms with E-state index in [0.29, 0.717) is 50.3 Å². The van der Waals surface area contributed by atoms with Gasteiger partial charge in [-0.15, -0.1) is 0 Å². The van der Waals surface area contributed by atoms with Crippen LogP contribution < -0.4 is 10.6 Å². The average Bonchev–Trinajstić information content (AvgIpc) is 3.16. The van der Waals surface area contributed by atoms with Gasteiger partial charge in [0.05, 0.1) is 35.3 Å². The lowest BCUT2D eigenvalue weighted by Gasteiger charge is -2.13. The number of fused-ring (bicyclic) bond motifs is 1. The number of carbonyl (C=O) groups is 2.